The summed E-state index contributed by atoms with van der Waals surface area (Å²) in [5.41, 5.74) is 5.04. The Morgan fingerprint density at radius 1 is 1.00 bits per heavy atom. The lowest BCUT2D eigenvalue weighted by atomic mass is 10.1. The van der Waals surface area contributed by atoms with E-state index in [9.17, 15) is 4.79 Å². The highest BCUT2D eigenvalue weighted by atomic mass is 35.5. The Morgan fingerprint density at radius 2 is 1.74 bits per heavy atom. The molecule has 1 saturated heterocycles. The van der Waals surface area contributed by atoms with Crippen molar-refractivity contribution in [3.8, 4) is 11.4 Å². The number of nitrogens with zero attached hydrogens (tertiary/aromatic N) is 4. The topological polar surface area (TPSA) is 49.3 Å². The predicted molar refractivity (Wildman–Crippen MR) is 126 cm³/mol. The number of aromatic nitrogens is 2. The molecule has 1 fully saturated rings. The molecule has 0 unspecified atom stereocenters. The van der Waals surface area contributed by atoms with E-state index in [1.54, 1.807) is 12.1 Å². The Labute approximate surface area is 188 Å². The fourth-order valence-corrected chi connectivity index (χ4v) is 4.29. The summed E-state index contributed by atoms with van der Waals surface area (Å²) >= 11 is 6.06. The van der Waals surface area contributed by atoms with Gasteiger partial charge in [0.15, 0.2) is 5.82 Å². The first-order valence-corrected chi connectivity index (χ1v) is 11.1. The molecule has 0 aliphatic carbocycles. The lowest BCUT2D eigenvalue weighted by molar-refractivity contribution is 0.0746. The van der Waals surface area contributed by atoms with Gasteiger partial charge in [0.25, 0.3) is 5.91 Å². The number of anilines is 1. The molecule has 0 saturated carbocycles. The maximum absolute atomic E-state index is 12.9. The van der Waals surface area contributed by atoms with E-state index in [1.165, 1.54) is 11.1 Å². The number of amides is 1. The van der Waals surface area contributed by atoms with Crippen LogP contribution in [0.5, 0.6) is 0 Å². The Kier molecular flexibility index (Phi) is 6.23. The van der Waals surface area contributed by atoms with Crippen molar-refractivity contribution in [2.24, 2.45) is 0 Å². The van der Waals surface area contributed by atoms with Gasteiger partial charge in [0, 0.05) is 53.6 Å². The smallest absolute Gasteiger partial charge is 0.254 e. The first-order chi connectivity index (χ1) is 15.0. The third kappa shape index (κ3) is 4.57. The Bertz CT molecular complexity index is 1110. The standard InChI is InChI=1S/C25H27ClN4O/c1-4-22-18(3)27-23(19-8-5-7-17(2)15-19)28-24(22)29-11-13-30(14-12-29)25(31)20-9-6-10-21(26)16-20/h5-10,15-16H,4,11-14H2,1-3H3. The van der Waals surface area contributed by atoms with E-state index in [1.807, 2.05) is 23.1 Å². The van der Waals surface area contributed by atoms with Crippen LogP contribution in [0.4, 0.5) is 5.82 Å². The lowest BCUT2D eigenvalue weighted by Crippen LogP contribution is -2.49. The maximum atomic E-state index is 12.9. The second kappa shape index (κ2) is 9.06. The minimum Gasteiger partial charge on any atom is -0.353 e. The molecule has 4 rings (SSSR count). The number of carbonyl (C=O) groups excluding carboxylic acids is 1. The van der Waals surface area contributed by atoms with Gasteiger partial charge < -0.3 is 9.80 Å². The molecule has 0 N–H and O–H groups in total. The normalized spacial score (nSPS) is 14.1. The quantitative estimate of drug-likeness (QED) is 0.583. The Balaban J connectivity index is 1.57. The first kappa shape index (κ1) is 21.3. The maximum Gasteiger partial charge on any atom is 0.254 e. The van der Waals surface area contributed by atoms with Crippen molar-refractivity contribution in [2.75, 3.05) is 31.1 Å². The fourth-order valence-electron chi connectivity index (χ4n) is 4.10. The largest absolute Gasteiger partial charge is 0.353 e. The van der Waals surface area contributed by atoms with E-state index in [0.717, 1.165) is 42.4 Å². The molecule has 0 bridgehead atoms. The van der Waals surface area contributed by atoms with Crippen LogP contribution in [0, 0.1) is 13.8 Å². The van der Waals surface area contributed by atoms with Gasteiger partial charge in [-0.15, -0.1) is 0 Å². The second-order valence-electron chi connectivity index (χ2n) is 7.95. The first-order valence-electron chi connectivity index (χ1n) is 10.7. The lowest BCUT2D eigenvalue weighted by Gasteiger charge is -2.36. The summed E-state index contributed by atoms with van der Waals surface area (Å²) in [5.74, 6) is 1.77. The van der Waals surface area contributed by atoms with Gasteiger partial charge in [-0.2, -0.15) is 0 Å². The third-order valence-electron chi connectivity index (χ3n) is 5.76. The molecule has 0 spiro atoms. The monoisotopic (exact) mass is 434 g/mol. The second-order valence-corrected chi connectivity index (χ2v) is 8.38. The molecule has 0 radical (unpaired) electrons. The molecule has 31 heavy (non-hydrogen) atoms. The van der Waals surface area contributed by atoms with Crippen molar-refractivity contribution in [1.82, 2.24) is 14.9 Å². The van der Waals surface area contributed by atoms with Crippen LogP contribution in [-0.4, -0.2) is 47.0 Å². The molecule has 6 heteroatoms. The van der Waals surface area contributed by atoms with Gasteiger partial charge in [0.05, 0.1) is 0 Å². The van der Waals surface area contributed by atoms with Gasteiger partial charge in [-0.05, 0) is 44.5 Å². The van der Waals surface area contributed by atoms with Crippen molar-refractivity contribution in [1.29, 1.82) is 0 Å². The number of rotatable bonds is 4. The molecular formula is C25H27ClN4O. The highest BCUT2D eigenvalue weighted by Gasteiger charge is 2.25. The van der Waals surface area contributed by atoms with Gasteiger partial charge in [0.1, 0.15) is 5.82 Å². The zero-order valence-electron chi connectivity index (χ0n) is 18.2. The minimum absolute atomic E-state index is 0.0252. The van der Waals surface area contributed by atoms with E-state index in [0.29, 0.717) is 23.7 Å². The molecule has 2 heterocycles. The Morgan fingerprint density at radius 3 is 2.42 bits per heavy atom. The van der Waals surface area contributed by atoms with Crippen molar-refractivity contribution < 1.29 is 4.79 Å². The van der Waals surface area contributed by atoms with Crippen molar-refractivity contribution in [3.05, 3.63) is 75.9 Å². The average Bonchev–Trinajstić information content (AvgIpc) is 2.78. The van der Waals surface area contributed by atoms with Gasteiger partial charge >= 0.3 is 0 Å². The molecule has 1 aliphatic rings. The SMILES string of the molecule is CCc1c(C)nc(-c2cccc(C)c2)nc1N1CCN(C(=O)c2cccc(Cl)c2)CC1. The number of hydrogen-bond acceptors (Lipinski definition) is 4. The predicted octanol–water partition coefficient (Wildman–Crippen LogP) is 4.94. The summed E-state index contributed by atoms with van der Waals surface area (Å²) < 4.78 is 0. The molecular weight excluding hydrogens is 408 g/mol. The number of aryl methyl sites for hydroxylation is 2. The fraction of sp³-hybridized carbons (Fsp3) is 0.320. The van der Waals surface area contributed by atoms with Crippen LogP contribution in [0.25, 0.3) is 11.4 Å². The zero-order valence-corrected chi connectivity index (χ0v) is 19.0. The van der Waals surface area contributed by atoms with Crippen LogP contribution in [0.15, 0.2) is 48.5 Å². The Hall–Kier alpha value is -2.92. The summed E-state index contributed by atoms with van der Waals surface area (Å²) in [6.07, 6.45) is 0.872. The summed E-state index contributed by atoms with van der Waals surface area (Å²) in [6, 6.07) is 15.4. The number of benzene rings is 2. The van der Waals surface area contributed by atoms with Crippen molar-refractivity contribution in [3.63, 3.8) is 0 Å². The molecule has 5 nitrogen and oxygen atoms in total. The molecule has 3 aromatic rings. The molecule has 0 atom stereocenters. The number of hydrogen-bond donors (Lipinski definition) is 0. The van der Waals surface area contributed by atoms with E-state index in [-0.39, 0.29) is 5.91 Å². The van der Waals surface area contributed by atoms with Crippen molar-refractivity contribution in [2.45, 2.75) is 27.2 Å². The van der Waals surface area contributed by atoms with Crippen LogP contribution >= 0.6 is 11.6 Å². The van der Waals surface area contributed by atoms with Gasteiger partial charge in [-0.1, -0.05) is 48.4 Å². The number of halogens is 1. The van der Waals surface area contributed by atoms with E-state index in [2.05, 4.69) is 43.9 Å². The summed E-state index contributed by atoms with van der Waals surface area (Å²) in [4.78, 5) is 26.8. The highest BCUT2D eigenvalue weighted by molar-refractivity contribution is 6.30. The number of carbonyl (C=O) groups is 1. The van der Waals surface area contributed by atoms with E-state index in [4.69, 9.17) is 21.6 Å². The highest BCUT2D eigenvalue weighted by Crippen LogP contribution is 2.27. The zero-order chi connectivity index (χ0) is 22.0. The molecule has 1 aliphatic heterocycles. The molecule has 2 aromatic carbocycles. The summed E-state index contributed by atoms with van der Waals surface area (Å²) in [6.45, 7) is 9.05. The number of piperazine rings is 1. The van der Waals surface area contributed by atoms with Crippen LogP contribution in [0.1, 0.15) is 34.1 Å². The van der Waals surface area contributed by atoms with Crippen molar-refractivity contribution >= 4 is 23.3 Å². The average molecular weight is 435 g/mol. The van der Waals surface area contributed by atoms with E-state index < -0.39 is 0 Å². The molecule has 1 aromatic heterocycles. The van der Waals surface area contributed by atoms with Gasteiger partial charge in [-0.25, -0.2) is 9.97 Å². The minimum atomic E-state index is 0.0252. The van der Waals surface area contributed by atoms with Gasteiger partial charge in [-0.3, -0.25) is 4.79 Å². The third-order valence-corrected chi connectivity index (χ3v) is 5.99. The van der Waals surface area contributed by atoms with Crippen LogP contribution < -0.4 is 4.90 Å². The van der Waals surface area contributed by atoms with Crippen LogP contribution in [-0.2, 0) is 6.42 Å². The van der Waals surface area contributed by atoms with E-state index >= 15 is 0 Å². The van der Waals surface area contributed by atoms with Gasteiger partial charge in [0.2, 0.25) is 0 Å². The summed E-state index contributed by atoms with van der Waals surface area (Å²) in [5, 5.41) is 0.581. The molecule has 1 amide bonds. The summed E-state index contributed by atoms with van der Waals surface area (Å²) in [7, 11) is 0. The van der Waals surface area contributed by atoms with Crippen LogP contribution in [0.3, 0.4) is 0 Å². The van der Waals surface area contributed by atoms with Crippen LogP contribution in [0.2, 0.25) is 5.02 Å². The molecule has 160 valence electrons.